The first-order chi connectivity index (χ1) is 9.78. The molecule has 0 aromatic rings. The molecular weight excluding hydrogens is 282 g/mol. The molecule has 21 heavy (non-hydrogen) atoms. The minimum Gasteiger partial charge on any atom is -0.488 e. The van der Waals surface area contributed by atoms with E-state index in [0.717, 1.165) is 37.4 Å². The van der Waals surface area contributed by atoms with Gasteiger partial charge in [0.2, 0.25) is 5.91 Å². The zero-order valence-corrected chi connectivity index (χ0v) is 14.6. The van der Waals surface area contributed by atoms with Crippen molar-refractivity contribution < 1.29 is 14.3 Å². The molecule has 118 valence electrons. The third-order valence-electron chi connectivity index (χ3n) is 3.85. The van der Waals surface area contributed by atoms with Gasteiger partial charge in [-0.3, -0.25) is 9.59 Å². The summed E-state index contributed by atoms with van der Waals surface area (Å²) in [5.74, 6) is 0.824. The maximum atomic E-state index is 12.0. The van der Waals surface area contributed by atoms with Crippen molar-refractivity contribution in [1.82, 2.24) is 5.32 Å². The number of allylic oxidation sites excluding steroid dienone is 2. The van der Waals surface area contributed by atoms with Gasteiger partial charge in [0.05, 0.1) is 12.3 Å². The molecule has 4 nitrogen and oxygen atoms in total. The number of nitrogens with one attached hydrogen (secondary N) is 1. The molecule has 2 aliphatic rings. The number of rotatable bonds is 8. The molecule has 0 atom stereocenters. The van der Waals surface area contributed by atoms with Crippen molar-refractivity contribution in [2.24, 2.45) is 11.8 Å². The quantitative estimate of drug-likeness (QED) is 0.426. The molecule has 2 fully saturated rings. The average molecular weight is 309 g/mol. The third kappa shape index (κ3) is 5.30. The lowest BCUT2D eigenvalue weighted by molar-refractivity contribution is -0.121. The summed E-state index contributed by atoms with van der Waals surface area (Å²) in [6.45, 7) is 8.94. The van der Waals surface area contributed by atoms with Gasteiger partial charge in [-0.25, -0.2) is 0 Å². The maximum absolute atomic E-state index is 12.0. The maximum Gasteiger partial charge on any atom is 0.227 e. The molecule has 1 N–H and O–H groups in total. The van der Waals surface area contributed by atoms with Crippen molar-refractivity contribution in [3.63, 3.8) is 0 Å². The zero-order valence-electron chi connectivity index (χ0n) is 13.6. The van der Waals surface area contributed by atoms with Crippen LogP contribution in [0.4, 0.5) is 0 Å². The van der Waals surface area contributed by atoms with E-state index in [0.29, 0.717) is 18.3 Å². The van der Waals surface area contributed by atoms with E-state index in [1.807, 2.05) is 0 Å². The Balaban J connectivity index is 2.05. The van der Waals surface area contributed by atoms with Crippen LogP contribution >= 0.6 is 0 Å². The Kier molecular flexibility index (Phi) is 4.91. The van der Waals surface area contributed by atoms with E-state index in [2.05, 4.69) is 25.0 Å². The standard InChI is InChI=1S/C16H27NO3Si/c1-11(18)15(20-9-10-21(2,3)4)14(12-5-6-12)17-16(19)13-7-8-13/h12-13H,5-10H2,1-4H3,(H,17,19)/b15-14+. The van der Waals surface area contributed by atoms with Gasteiger partial charge >= 0.3 is 0 Å². The van der Waals surface area contributed by atoms with E-state index in [-0.39, 0.29) is 17.6 Å². The highest BCUT2D eigenvalue weighted by Gasteiger charge is 2.36. The van der Waals surface area contributed by atoms with Crippen LogP contribution in [-0.2, 0) is 14.3 Å². The van der Waals surface area contributed by atoms with Crippen LogP contribution in [0.2, 0.25) is 25.7 Å². The van der Waals surface area contributed by atoms with Gasteiger partial charge in [0.25, 0.3) is 0 Å². The van der Waals surface area contributed by atoms with Crippen LogP contribution < -0.4 is 5.32 Å². The Bertz CT molecular complexity index is 457. The minimum absolute atomic E-state index is 0.0597. The summed E-state index contributed by atoms with van der Waals surface area (Å²) in [6, 6.07) is 1.01. The lowest BCUT2D eigenvalue weighted by Gasteiger charge is -2.19. The van der Waals surface area contributed by atoms with Gasteiger partial charge in [0.1, 0.15) is 0 Å². The highest BCUT2D eigenvalue weighted by molar-refractivity contribution is 6.76. The van der Waals surface area contributed by atoms with Crippen LogP contribution in [0, 0.1) is 11.8 Å². The number of hydrogen-bond donors (Lipinski definition) is 1. The summed E-state index contributed by atoms with van der Waals surface area (Å²) in [5, 5.41) is 2.98. The van der Waals surface area contributed by atoms with Crippen LogP contribution in [0.3, 0.4) is 0 Å². The number of ketones is 1. The third-order valence-corrected chi connectivity index (χ3v) is 5.56. The Morgan fingerprint density at radius 3 is 2.10 bits per heavy atom. The van der Waals surface area contributed by atoms with Crippen molar-refractivity contribution in [3.05, 3.63) is 11.5 Å². The molecule has 0 bridgehead atoms. The van der Waals surface area contributed by atoms with Crippen LogP contribution in [0.25, 0.3) is 0 Å². The fourth-order valence-electron chi connectivity index (χ4n) is 2.12. The molecule has 5 heteroatoms. The predicted octanol–water partition coefficient (Wildman–Crippen LogP) is 3.08. The lowest BCUT2D eigenvalue weighted by atomic mass is 10.2. The fourth-order valence-corrected chi connectivity index (χ4v) is 2.84. The molecular formula is C16H27NO3Si. The molecule has 0 spiro atoms. The van der Waals surface area contributed by atoms with Gasteiger partial charge in [-0.2, -0.15) is 0 Å². The highest BCUT2D eigenvalue weighted by atomic mass is 28.3. The number of carbonyl (C=O) groups excluding carboxylic acids is 2. The lowest BCUT2D eigenvalue weighted by Crippen LogP contribution is -2.29. The fraction of sp³-hybridized carbons (Fsp3) is 0.750. The van der Waals surface area contributed by atoms with Gasteiger partial charge < -0.3 is 10.1 Å². The largest absolute Gasteiger partial charge is 0.488 e. The van der Waals surface area contributed by atoms with Crippen LogP contribution in [-0.4, -0.2) is 26.4 Å². The van der Waals surface area contributed by atoms with Crippen LogP contribution in [0.15, 0.2) is 11.5 Å². The molecule has 1 amide bonds. The molecule has 0 heterocycles. The first kappa shape index (κ1) is 16.3. The van der Waals surface area contributed by atoms with Gasteiger partial charge in [0, 0.05) is 26.8 Å². The smallest absolute Gasteiger partial charge is 0.227 e. The van der Waals surface area contributed by atoms with E-state index >= 15 is 0 Å². The molecule has 2 rings (SSSR count). The topological polar surface area (TPSA) is 55.4 Å². The summed E-state index contributed by atoms with van der Waals surface area (Å²) in [7, 11) is -1.19. The molecule has 0 saturated heterocycles. The van der Waals surface area contributed by atoms with E-state index < -0.39 is 8.07 Å². The number of carbonyl (C=O) groups is 2. The van der Waals surface area contributed by atoms with Gasteiger partial charge in [-0.15, -0.1) is 0 Å². The highest BCUT2D eigenvalue weighted by Crippen LogP contribution is 2.38. The zero-order chi connectivity index (χ0) is 15.6. The van der Waals surface area contributed by atoms with Gasteiger partial charge in [-0.1, -0.05) is 19.6 Å². The Morgan fingerprint density at radius 1 is 1.10 bits per heavy atom. The molecule has 0 unspecified atom stereocenters. The van der Waals surface area contributed by atoms with Crippen LogP contribution in [0.1, 0.15) is 32.6 Å². The minimum atomic E-state index is -1.19. The molecule has 0 radical (unpaired) electrons. The second-order valence-corrected chi connectivity index (χ2v) is 13.1. The summed E-state index contributed by atoms with van der Waals surface area (Å²) in [5.41, 5.74) is 0.745. The molecule has 0 aromatic carbocycles. The first-order valence-electron chi connectivity index (χ1n) is 7.96. The van der Waals surface area contributed by atoms with Gasteiger partial charge in [-0.05, 0) is 31.7 Å². The van der Waals surface area contributed by atoms with Crippen molar-refractivity contribution in [2.75, 3.05) is 6.61 Å². The number of ether oxygens (including phenoxy) is 1. The van der Waals surface area contributed by atoms with E-state index in [1.165, 1.54) is 6.92 Å². The van der Waals surface area contributed by atoms with Crippen molar-refractivity contribution in [3.8, 4) is 0 Å². The SMILES string of the molecule is CC(=O)/C(OCC[Si](C)(C)C)=C(\NC(=O)C1CC1)C1CC1. The molecule has 0 aromatic heterocycles. The second kappa shape index (κ2) is 6.34. The first-order valence-corrected chi connectivity index (χ1v) is 11.7. The Hall–Kier alpha value is -1.10. The van der Waals surface area contributed by atoms with E-state index in [9.17, 15) is 9.59 Å². The summed E-state index contributed by atoms with van der Waals surface area (Å²) in [6.07, 6.45) is 4.01. The predicted molar refractivity (Wildman–Crippen MR) is 85.4 cm³/mol. The number of Topliss-reactive ketones (excluding diaryl/α,β-unsaturated/α-hetero) is 1. The summed E-state index contributed by atoms with van der Waals surface area (Å²) >= 11 is 0. The Morgan fingerprint density at radius 2 is 1.67 bits per heavy atom. The molecule has 2 saturated carbocycles. The number of hydrogen-bond acceptors (Lipinski definition) is 3. The second-order valence-electron chi connectivity index (χ2n) is 7.50. The number of amides is 1. The van der Waals surface area contributed by atoms with Crippen molar-refractivity contribution in [1.29, 1.82) is 0 Å². The molecule has 2 aliphatic carbocycles. The van der Waals surface area contributed by atoms with E-state index in [1.54, 1.807) is 0 Å². The molecule has 0 aliphatic heterocycles. The van der Waals surface area contributed by atoms with E-state index in [4.69, 9.17) is 4.74 Å². The van der Waals surface area contributed by atoms with Crippen molar-refractivity contribution in [2.45, 2.75) is 58.3 Å². The Labute approximate surface area is 128 Å². The average Bonchev–Trinajstić information content (AvgIpc) is 3.24. The normalized spacial score (nSPS) is 19.8. The van der Waals surface area contributed by atoms with Gasteiger partial charge in [0.15, 0.2) is 11.5 Å². The van der Waals surface area contributed by atoms with Crippen molar-refractivity contribution >= 4 is 19.8 Å². The summed E-state index contributed by atoms with van der Waals surface area (Å²) < 4.78 is 5.79. The van der Waals surface area contributed by atoms with Crippen LogP contribution in [0.5, 0.6) is 0 Å². The monoisotopic (exact) mass is 309 g/mol. The summed E-state index contributed by atoms with van der Waals surface area (Å²) in [4.78, 5) is 23.9.